The van der Waals surface area contributed by atoms with E-state index in [1.807, 2.05) is 0 Å². The van der Waals surface area contributed by atoms with Gasteiger partial charge in [-0.05, 0) is 68.4 Å². The van der Waals surface area contributed by atoms with Crippen molar-refractivity contribution in [3.63, 3.8) is 0 Å². The summed E-state index contributed by atoms with van der Waals surface area (Å²) in [5, 5.41) is 11.1. The average Bonchev–Trinajstić information content (AvgIpc) is 3.76. The average molecular weight is 787 g/mol. The van der Waals surface area contributed by atoms with Gasteiger partial charge in [-0.1, -0.05) is 27.0 Å². The van der Waals surface area contributed by atoms with Gasteiger partial charge in [0.15, 0.2) is 5.79 Å². The fourth-order valence-electron chi connectivity index (χ4n) is 12.0. The van der Waals surface area contributed by atoms with E-state index in [2.05, 4.69) is 27.0 Å². The predicted molar refractivity (Wildman–Crippen MR) is 197 cm³/mol. The molecule has 12 bridgehead atoms. The van der Waals surface area contributed by atoms with Gasteiger partial charge in [0.2, 0.25) is 0 Å². The van der Waals surface area contributed by atoms with Gasteiger partial charge in [-0.2, -0.15) is 0 Å². The molecule has 1 N–H and O–H groups in total. The van der Waals surface area contributed by atoms with Crippen LogP contribution in [0.25, 0.3) is 0 Å². The second-order valence-corrected chi connectivity index (χ2v) is 18.7. The molecule has 11 fully saturated rings. The molecular formula is C43H62O13. The molecule has 1 spiro atoms. The van der Waals surface area contributed by atoms with E-state index in [4.69, 9.17) is 52.1 Å². The van der Waals surface area contributed by atoms with Crippen LogP contribution in [0.4, 0.5) is 0 Å². The van der Waals surface area contributed by atoms with Gasteiger partial charge in [-0.25, -0.2) is 0 Å². The summed E-state index contributed by atoms with van der Waals surface area (Å²) in [6, 6.07) is 0. The van der Waals surface area contributed by atoms with E-state index in [9.17, 15) is 9.90 Å². The van der Waals surface area contributed by atoms with Gasteiger partial charge >= 0.3 is 5.97 Å². The zero-order valence-corrected chi connectivity index (χ0v) is 33.2. The van der Waals surface area contributed by atoms with Crippen molar-refractivity contribution < 1.29 is 62.0 Å². The first-order valence-corrected chi connectivity index (χ1v) is 21.7. The highest BCUT2D eigenvalue weighted by molar-refractivity contribution is 5.70. The molecule has 0 unspecified atom stereocenters. The molecule has 11 rings (SSSR count). The molecule has 0 aromatic rings. The van der Waals surface area contributed by atoms with Crippen LogP contribution in [-0.4, -0.2) is 140 Å². The maximum atomic E-state index is 14.1. The van der Waals surface area contributed by atoms with E-state index < -0.39 is 36.3 Å². The lowest BCUT2D eigenvalue weighted by Gasteiger charge is -2.51. The maximum absolute atomic E-state index is 14.1. The minimum Gasteiger partial charge on any atom is -0.459 e. The third-order valence-corrected chi connectivity index (χ3v) is 15.0. The molecule has 0 radical (unpaired) electrons. The van der Waals surface area contributed by atoms with E-state index in [0.29, 0.717) is 45.1 Å². The molecule has 0 aromatic carbocycles. The van der Waals surface area contributed by atoms with Crippen LogP contribution in [0, 0.1) is 11.8 Å². The zero-order valence-electron chi connectivity index (χ0n) is 33.2. The van der Waals surface area contributed by atoms with Crippen molar-refractivity contribution >= 4 is 5.97 Å². The fourth-order valence-corrected chi connectivity index (χ4v) is 12.0. The van der Waals surface area contributed by atoms with Crippen molar-refractivity contribution in [2.75, 3.05) is 13.7 Å². The first kappa shape index (κ1) is 38.7. The monoisotopic (exact) mass is 786 g/mol. The Kier molecular flexibility index (Phi) is 10.5. The molecule has 11 saturated heterocycles. The molecule has 11 aliphatic heterocycles. The number of aliphatic hydroxyl groups excluding tert-OH is 1. The van der Waals surface area contributed by atoms with Crippen LogP contribution in [0.3, 0.4) is 0 Å². The summed E-state index contributed by atoms with van der Waals surface area (Å²) in [4.78, 5) is 14.1. The second-order valence-electron chi connectivity index (χ2n) is 18.7. The number of methoxy groups -OCH3 is 1. The molecule has 13 heteroatoms. The van der Waals surface area contributed by atoms with E-state index in [1.165, 1.54) is 0 Å². The molecule has 13 nitrogen and oxygen atoms in total. The third-order valence-electron chi connectivity index (χ3n) is 15.0. The SMILES string of the molecule is C=C1C[C@@H]2CC[C@@]34C[C@@H]5O[C@@H]6[C@@H](O[C@H]7CC[C@H](CC(=O)O[C@@H]8[C@@H](C)[C@@H]9O[C@H](CCOC)[C@H](O)C[C@@H]9O[C@H]8C[C@H]8O[C@@H](CC[C@@H]1O2)C[C@@H](C)C8=C)O[C@@H]7[C@@H]6O3)[C@H]5O4. The molecule has 11 heterocycles. The summed E-state index contributed by atoms with van der Waals surface area (Å²) in [7, 11) is 1.64. The van der Waals surface area contributed by atoms with Crippen molar-refractivity contribution in [1.82, 2.24) is 0 Å². The Morgan fingerprint density at radius 1 is 0.696 bits per heavy atom. The van der Waals surface area contributed by atoms with E-state index in [1.54, 1.807) is 7.11 Å². The van der Waals surface area contributed by atoms with Crippen LogP contribution < -0.4 is 0 Å². The largest absolute Gasteiger partial charge is 0.459 e. The van der Waals surface area contributed by atoms with Crippen molar-refractivity contribution in [3.05, 3.63) is 24.3 Å². The van der Waals surface area contributed by atoms with Crippen molar-refractivity contribution in [1.29, 1.82) is 0 Å². The maximum Gasteiger partial charge on any atom is 0.308 e. The summed E-state index contributed by atoms with van der Waals surface area (Å²) >= 11 is 0. The van der Waals surface area contributed by atoms with Crippen LogP contribution in [0.15, 0.2) is 24.3 Å². The number of carbonyl (C=O) groups excluding carboxylic acids is 1. The summed E-state index contributed by atoms with van der Waals surface area (Å²) < 4.78 is 72.6. The molecule has 0 aliphatic carbocycles. The topological polar surface area (TPSA) is 139 Å². The molecule has 56 heavy (non-hydrogen) atoms. The fraction of sp³-hybridized carbons (Fsp3) is 0.884. The standard InChI is InChI=1S/C43H62O13/c1-20-14-24-6-8-28-21(2)15-26(47-28)10-12-43-19-34-39(55-43)40-41(53-34)42(56-43)38-30(52-40)9-7-25(49-38)16-35(45)54-37-23(4)36-32(17-27(44)29(51-36)11-13-46-5)50-33(37)18-31(48-24)22(20)3/h20,23-34,36-42,44H,2-3,6-19H2,1,4-5H3/t20-,23+,24+,25-,26+,27-,28+,29-,30+,31-,32+,33+,34+,36+,37-,38+,39+,40+,41-,42+,43+/m1/s1. The lowest BCUT2D eigenvalue weighted by molar-refractivity contribution is -0.293. The minimum absolute atomic E-state index is 0.0142. The zero-order chi connectivity index (χ0) is 38.5. The first-order chi connectivity index (χ1) is 27.0. The van der Waals surface area contributed by atoms with E-state index in [-0.39, 0.29) is 104 Å². The number of hydrogen-bond acceptors (Lipinski definition) is 13. The van der Waals surface area contributed by atoms with E-state index >= 15 is 0 Å². The highest BCUT2D eigenvalue weighted by Gasteiger charge is 2.69. The van der Waals surface area contributed by atoms with Gasteiger partial charge in [0.25, 0.3) is 0 Å². The summed E-state index contributed by atoms with van der Waals surface area (Å²) in [6.45, 7) is 13.7. The summed E-state index contributed by atoms with van der Waals surface area (Å²) in [5.74, 6) is -1.10. The molecule has 11 aliphatic rings. The van der Waals surface area contributed by atoms with Crippen LogP contribution in [0.2, 0.25) is 0 Å². The highest BCUT2D eigenvalue weighted by atomic mass is 16.8. The third kappa shape index (κ3) is 6.96. The van der Waals surface area contributed by atoms with Crippen molar-refractivity contribution in [2.45, 2.75) is 213 Å². The van der Waals surface area contributed by atoms with Gasteiger partial charge in [0, 0.05) is 45.3 Å². The number of hydrogen-bond donors (Lipinski definition) is 1. The lowest BCUT2D eigenvalue weighted by Crippen LogP contribution is -2.62. The number of fused-ring (bicyclic) bond motifs is 7. The van der Waals surface area contributed by atoms with Crippen LogP contribution in [0.5, 0.6) is 0 Å². The molecule has 312 valence electrons. The Morgan fingerprint density at radius 2 is 1.45 bits per heavy atom. The van der Waals surface area contributed by atoms with Crippen molar-refractivity contribution in [2.24, 2.45) is 11.8 Å². The van der Waals surface area contributed by atoms with Crippen LogP contribution >= 0.6 is 0 Å². The Bertz CT molecular complexity index is 1510. The van der Waals surface area contributed by atoms with Gasteiger partial charge in [0.1, 0.15) is 36.6 Å². The number of rotatable bonds is 3. The molecule has 0 amide bonds. The summed E-state index contributed by atoms with van der Waals surface area (Å²) in [6.07, 6.45) is 3.27. The molecule has 0 saturated carbocycles. The van der Waals surface area contributed by atoms with Gasteiger partial charge in [-0.3, -0.25) is 4.79 Å². The Balaban J connectivity index is 0.929. The molecule has 0 aromatic heterocycles. The Hall–Kier alpha value is -1.49. The second kappa shape index (κ2) is 15.2. The van der Waals surface area contributed by atoms with E-state index in [0.717, 1.165) is 49.7 Å². The highest BCUT2D eigenvalue weighted by Crippen LogP contribution is 2.54. The normalized spacial score (nSPS) is 54.2. The van der Waals surface area contributed by atoms with Crippen LogP contribution in [0.1, 0.15) is 97.3 Å². The smallest absolute Gasteiger partial charge is 0.308 e. The number of carbonyl (C=O) groups is 1. The number of aliphatic hydroxyl groups is 1. The lowest BCUT2D eigenvalue weighted by atomic mass is 9.79. The molecular weight excluding hydrogens is 724 g/mol. The van der Waals surface area contributed by atoms with Crippen LogP contribution in [-0.2, 0) is 56.9 Å². The minimum atomic E-state index is -0.802. The van der Waals surface area contributed by atoms with Gasteiger partial charge in [-0.15, -0.1) is 0 Å². The predicted octanol–water partition coefficient (Wildman–Crippen LogP) is 4.24. The first-order valence-electron chi connectivity index (χ1n) is 21.7. The molecule has 21 atom stereocenters. The Morgan fingerprint density at radius 3 is 2.30 bits per heavy atom. The number of esters is 1. The van der Waals surface area contributed by atoms with Gasteiger partial charge in [0.05, 0.1) is 79.7 Å². The van der Waals surface area contributed by atoms with Gasteiger partial charge < -0.3 is 57.2 Å². The quantitative estimate of drug-likeness (QED) is 0.323. The van der Waals surface area contributed by atoms with Crippen molar-refractivity contribution in [3.8, 4) is 0 Å². The summed E-state index contributed by atoms with van der Waals surface area (Å²) in [5.41, 5.74) is 2.16. The Labute approximate surface area is 330 Å². The number of ether oxygens (including phenoxy) is 11.